The predicted octanol–water partition coefficient (Wildman–Crippen LogP) is 3.08. The molecule has 0 aliphatic rings. The van der Waals surface area contributed by atoms with E-state index in [0.29, 0.717) is 6.42 Å². The minimum Gasteiger partial charge on any atom is -0.479 e. The Morgan fingerprint density at radius 1 is 1.09 bits per heavy atom. The van der Waals surface area contributed by atoms with Crippen molar-refractivity contribution in [3.8, 4) is 0 Å². The third-order valence-corrected chi connectivity index (χ3v) is 3.44. The summed E-state index contributed by atoms with van der Waals surface area (Å²) in [6, 6.07) is 18.0. The number of carbonyl (C=O) groups is 1. The molecule has 2 aromatic carbocycles. The lowest BCUT2D eigenvalue weighted by Crippen LogP contribution is -2.19. The fourth-order valence-electron chi connectivity index (χ4n) is 1.94. The van der Waals surface area contributed by atoms with Gasteiger partial charge in [0.05, 0.1) is 0 Å². The Kier molecular flexibility index (Phi) is 8.02. The van der Waals surface area contributed by atoms with Gasteiger partial charge < -0.3 is 15.9 Å². The molecular formula is C19H25NO3. The van der Waals surface area contributed by atoms with Gasteiger partial charge in [-0.05, 0) is 37.8 Å². The van der Waals surface area contributed by atoms with Gasteiger partial charge in [-0.1, -0.05) is 60.2 Å². The summed E-state index contributed by atoms with van der Waals surface area (Å²) in [4.78, 5) is 10.3. The minimum absolute atomic E-state index is 0.153. The van der Waals surface area contributed by atoms with Crippen LogP contribution in [0.15, 0.2) is 54.6 Å². The molecule has 2 unspecified atom stereocenters. The zero-order valence-corrected chi connectivity index (χ0v) is 13.6. The molecule has 2 atom stereocenters. The first-order valence-electron chi connectivity index (χ1n) is 7.67. The highest BCUT2D eigenvalue weighted by atomic mass is 16.4. The van der Waals surface area contributed by atoms with Crippen molar-refractivity contribution in [3.63, 3.8) is 0 Å². The molecule has 0 fully saturated rings. The highest BCUT2D eigenvalue weighted by Gasteiger charge is 2.11. The first-order chi connectivity index (χ1) is 10.9. The number of carboxylic acids is 1. The van der Waals surface area contributed by atoms with Crippen LogP contribution in [0.4, 0.5) is 0 Å². The molecular weight excluding hydrogens is 290 g/mol. The van der Waals surface area contributed by atoms with Gasteiger partial charge in [-0.3, -0.25) is 0 Å². The van der Waals surface area contributed by atoms with Crippen LogP contribution >= 0.6 is 0 Å². The molecule has 23 heavy (non-hydrogen) atoms. The van der Waals surface area contributed by atoms with Crippen LogP contribution in [0.2, 0.25) is 0 Å². The molecule has 0 aromatic heterocycles. The lowest BCUT2D eigenvalue weighted by Gasteiger charge is -2.04. The summed E-state index contributed by atoms with van der Waals surface area (Å²) in [6.45, 7) is 4.07. The lowest BCUT2D eigenvalue weighted by atomic mass is 10.1. The molecule has 4 N–H and O–H groups in total. The maximum atomic E-state index is 10.3. The van der Waals surface area contributed by atoms with Crippen molar-refractivity contribution in [2.45, 2.75) is 38.8 Å². The van der Waals surface area contributed by atoms with Crippen molar-refractivity contribution in [1.29, 1.82) is 0 Å². The number of nitrogens with two attached hydrogens (primary N) is 1. The smallest absolute Gasteiger partial charge is 0.332 e. The lowest BCUT2D eigenvalue weighted by molar-refractivity contribution is -0.146. The summed E-state index contributed by atoms with van der Waals surface area (Å²) >= 11 is 0. The highest BCUT2D eigenvalue weighted by molar-refractivity contribution is 5.71. The number of carboxylic acid groups (broad SMARTS) is 1. The maximum Gasteiger partial charge on any atom is 0.332 e. The van der Waals surface area contributed by atoms with Crippen LogP contribution in [0.3, 0.4) is 0 Å². The van der Waals surface area contributed by atoms with Gasteiger partial charge in [-0.2, -0.15) is 0 Å². The Hall–Kier alpha value is -2.17. The van der Waals surface area contributed by atoms with Gasteiger partial charge >= 0.3 is 5.97 Å². The van der Waals surface area contributed by atoms with E-state index in [1.165, 1.54) is 11.1 Å². The van der Waals surface area contributed by atoms with Crippen LogP contribution in [0.5, 0.6) is 0 Å². The van der Waals surface area contributed by atoms with Crippen molar-refractivity contribution in [3.05, 3.63) is 71.3 Å². The molecule has 2 aromatic rings. The molecule has 0 aliphatic carbocycles. The molecule has 124 valence electrons. The predicted molar refractivity (Wildman–Crippen MR) is 92.2 cm³/mol. The quantitative estimate of drug-likeness (QED) is 0.791. The number of rotatable bonds is 5. The molecule has 0 saturated heterocycles. The minimum atomic E-state index is -1.25. The zero-order valence-electron chi connectivity index (χ0n) is 13.6. The Morgan fingerprint density at radius 3 is 2.13 bits per heavy atom. The molecule has 0 amide bonds. The number of aliphatic carboxylic acids is 1. The van der Waals surface area contributed by atoms with E-state index in [2.05, 4.69) is 31.2 Å². The van der Waals surface area contributed by atoms with Gasteiger partial charge in [0.2, 0.25) is 0 Å². The monoisotopic (exact) mass is 315 g/mol. The Bertz CT molecular complexity index is 579. The average Bonchev–Trinajstić information content (AvgIpc) is 2.54. The van der Waals surface area contributed by atoms with E-state index >= 15 is 0 Å². The number of aliphatic hydroxyl groups excluding tert-OH is 1. The van der Waals surface area contributed by atoms with Crippen LogP contribution in [0.1, 0.15) is 36.1 Å². The van der Waals surface area contributed by atoms with Crippen LogP contribution in [-0.2, 0) is 11.2 Å². The highest BCUT2D eigenvalue weighted by Crippen LogP contribution is 2.09. The standard InChI is InChI=1S/C10H12O3.C9H13N/c11-9(10(12)13)7-6-8-4-2-1-3-5-8;1-7-3-5-9(6-4-7)8(2)10/h1-5,9,11H,6-7H2,(H,12,13);3-6,8H,10H2,1-2H3. The van der Waals surface area contributed by atoms with Crippen LogP contribution in [-0.4, -0.2) is 22.3 Å². The topological polar surface area (TPSA) is 83.6 Å². The number of aliphatic hydroxyl groups is 1. The Balaban J connectivity index is 0.000000238. The SMILES string of the molecule is Cc1ccc(C(C)N)cc1.O=C(O)C(O)CCc1ccccc1. The Morgan fingerprint density at radius 2 is 1.65 bits per heavy atom. The van der Waals surface area contributed by atoms with E-state index in [-0.39, 0.29) is 12.5 Å². The van der Waals surface area contributed by atoms with Gasteiger partial charge in [0, 0.05) is 6.04 Å². The van der Waals surface area contributed by atoms with Gasteiger partial charge in [0.15, 0.2) is 6.10 Å². The van der Waals surface area contributed by atoms with Gasteiger partial charge in [0.1, 0.15) is 0 Å². The number of aryl methyl sites for hydroxylation is 2. The second kappa shape index (κ2) is 9.77. The largest absolute Gasteiger partial charge is 0.479 e. The normalized spacial score (nSPS) is 12.7. The maximum absolute atomic E-state index is 10.3. The van der Waals surface area contributed by atoms with E-state index in [9.17, 15) is 4.79 Å². The van der Waals surface area contributed by atoms with Crippen molar-refractivity contribution in [2.24, 2.45) is 5.73 Å². The summed E-state index contributed by atoms with van der Waals surface area (Å²) in [7, 11) is 0. The van der Waals surface area contributed by atoms with Gasteiger partial charge in [0.25, 0.3) is 0 Å². The number of hydrogen-bond donors (Lipinski definition) is 3. The first-order valence-corrected chi connectivity index (χ1v) is 7.67. The molecule has 4 heteroatoms. The van der Waals surface area contributed by atoms with Gasteiger partial charge in [-0.15, -0.1) is 0 Å². The van der Waals surface area contributed by atoms with E-state index in [1.807, 2.05) is 37.3 Å². The summed E-state index contributed by atoms with van der Waals surface area (Å²) in [6.07, 6.45) is -0.395. The molecule has 0 radical (unpaired) electrons. The Labute approximate surface area is 137 Å². The number of hydrogen-bond acceptors (Lipinski definition) is 3. The molecule has 0 spiro atoms. The third-order valence-electron chi connectivity index (χ3n) is 3.44. The van der Waals surface area contributed by atoms with Crippen LogP contribution < -0.4 is 5.73 Å². The summed E-state index contributed by atoms with van der Waals surface area (Å²) in [5, 5.41) is 17.4. The van der Waals surface area contributed by atoms with Crippen molar-refractivity contribution >= 4 is 5.97 Å². The van der Waals surface area contributed by atoms with Crippen molar-refractivity contribution in [2.75, 3.05) is 0 Å². The van der Waals surface area contributed by atoms with E-state index < -0.39 is 12.1 Å². The second-order valence-electron chi connectivity index (χ2n) is 5.58. The second-order valence-corrected chi connectivity index (χ2v) is 5.58. The molecule has 0 bridgehead atoms. The van der Waals surface area contributed by atoms with Gasteiger partial charge in [-0.25, -0.2) is 4.79 Å². The van der Waals surface area contributed by atoms with E-state index in [4.69, 9.17) is 15.9 Å². The molecule has 0 saturated carbocycles. The van der Waals surface area contributed by atoms with E-state index in [1.54, 1.807) is 0 Å². The summed E-state index contributed by atoms with van der Waals surface area (Å²) < 4.78 is 0. The molecule has 4 nitrogen and oxygen atoms in total. The molecule has 0 heterocycles. The molecule has 2 rings (SSSR count). The third kappa shape index (κ3) is 7.58. The van der Waals surface area contributed by atoms with E-state index in [0.717, 1.165) is 5.56 Å². The van der Waals surface area contributed by atoms with Crippen molar-refractivity contribution in [1.82, 2.24) is 0 Å². The molecule has 0 aliphatic heterocycles. The fraction of sp³-hybridized carbons (Fsp3) is 0.316. The van der Waals surface area contributed by atoms with Crippen molar-refractivity contribution < 1.29 is 15.0 Å². The zero-order chi connectivity index (χ0) is 17.2. The van der Waals surface area contributed by atoms with Crippen LogP contribution in [0, 0.1) is 6.92 Å². The first kappa shape index (κ1) is 18.9. The average molecular weight is 315 g/mol. The summed E-state index contributed by atoms with van der Waals surface area (Å²) in [5.74, 6) is -1.16. The number of benzene rings is 2. The summed E-state index contributed by atoms with van der Waals surface area (Å²) in [5.41, 5.74) is 9.19. The van der Waals surface area contributed by atoms with Crippen LogP contribution in [0.25, 0.3) is 0 Å². The fourth-order valence-corrected chi connectivity index (χ4v) is 1.94.